The molecular formula is C18H13F2N7O2. The number of benzene rings is 1. The molecule has 146 valence electrons. The number of aryl methyl sites for hydroxylation is 1. The van der Waals surface area contributed by atoms with Crippen LogP contribution >= 0.6 is 0 Å². The smallest absolute Gasteiger partial charge is 0.253 e. The molecule has 0 aliphatic rings. The lowest BCUT2D eigenvalue weighted by atomic mass is 10.2. The van der Waals surface area contributed by atoms with Crippen LogP contribution in [0.1, 0.15) is 12.3 Å². The maximum atomic E-state index is 13.8. The normalized spacial score (nSPS) is 10.8. The van der Waals surface area contributed by atoms with Gasteiger partial charge in [-0.25, -0.2) is 23.7 Å². The topological polar surface area (TPSA) is 112 Å². The van der Waals surface area contributed by atoms with E-state index in [0.717, 1.165) is 12.1 Å². The maximum Gasteiger partial charge on any atom is 0.253 e. The summed E-state index contributed by atoms with van der Waals surface area (Å²) in [7, 11) is 0. The van der Waals surface area contributed by atoms with Crippen molar-refractivity contribution in [3.63, 3.8) is 0 Å². The lowest BCUT2D eigenvalue weighted by Crippen LogP contribution is -2.17. The number of hydrogen-bond acceptors (Lipinski definition) is 7. The Morgan fingerprint density at radius 2 is 1.97 bits per heavy atom. The van der Waals surface area contributed by atoms with Gasteiger partial charge in [-0.05, 0) is 18.2 Å². The van der Waals surface area contributed by atoms with Crippen molar-refractivity contribution in [2.45, 2.75) is 12.8 Å². The molecule has 4 rings (SSSR count). The van der Waals surface area contributed by atoms with E-state index in [1.54, 1.807) is 18.5 Å². The summed E-state index contributed by atoms with van der Waals surface area (Å²) in [4.78, 5) is 28.3. The summed E-state index contributed by atoms with van der Waals surface area (Å²) in [6, 6.07) is 4.81. The number of rotatable bonds is 6. The van der Waals surface area contributed by atoms with Gasteiger partial charge in [0.05, 0.1) is 11.8 Å². The number of carbonyl (C=O) groups excluding carboxylic acids is 1. The molecule has 1 N–H and O–H groups in total. The van der Waals surface area contributed by atoms with E-state index in [0.29, 0.717) is 0 Å². The van der Waals surface area contributed by atoms with Gasteiger partial charge in [0, 0.05) is 31.3 Å². The number of anilines is 1. The van der Waals surface area contributed by atoms with E-state index in [4.69, 9.17) is 4.42 Å². The van der Waals surface area contributed by atoms with Crippen molar-refractivity contribution in [2.24, 2.45) is 0 Å². The summed E-state index contributed by atoms with van der Waals surface area (Å²) in [6.07, 6.45) is 5.88. The molecule has 0 aliphatic carbocycles. The van der Waals surface area contributed by atoms with Crippen LogP contribution in [0, 0.1) is 11.6 Å². The zero-order valence-electron chi connectivity index (χ0n) is 14.8. The van der Waals surface area contributed by atoms with Crippen molar-refractivity contribution >= 4 is 11.9 Å². The Balaban J connectivity index is 1.39. The molecule has 0 atom stereocenters. The van der Waals surface area contributed by atoms with Crippen LogP contribution in [0.25, 0.3) is 17.3 Å². The Morgan fingerprint density at radius 1 is 1.14 bits per heavy atom. The van der Waals surface area contributed by atoms with Gasteiger partial charge < -0.3 is 4.42 Å². The monoisotopic (exact) mass is 397 g/mol. The van der Waals surface area contributed by atoms with Crippen LogP contribution in [-0.2, 0) is 11.2 Å². The zero-order valence-corrected chi connectivity index (χ0v) is 14.8. The van der Waals surface area contributed by atoms with Gasteiger partial charge in [0.1, 0.15) is 18.0 Å². The lowest BCUT2D eigenvalue weighted by molar-refractivity contribution is -0.116. The van der Waals surface area contributed by atoms with Gasteiger partial charge in [-0.2, -0.15) is 14.8 Å². The van der Waals surface area contributed by atoms with Crippen molar-refractivity contribution < 1.29 is 18.0 Å². The predicted molar refractivity (Wildman–Crippen MR) is 95.8 cm³/mol. The highest BCUT2D eigenvalue weighted by Crippen LogP contribution is 2.24. The van der Waals surface area contributed by atoms with Gasteiger partial charge in [0.15, 0.2) is 11.7 Å². The highest BCUT2D eigenvalue weighted by molar-refractivity contribution is 5.89. The summed E-state index contributed by atoms with van der Waals surface area (Å²) >= 11 is 0. The zero-order chi connectivity index (χ0) is 20.2. The Labute approximate surface area is 162 Å². The average molecular weight is 397 g/mol. The number of oxazole rings is 1. The summed E-state index contributed by atoms with van der Waals surface area (Å²) < 4.78 is 33.6. The summed E-state index contributed by atoms with van der Waals surface area (Å²) in [5.41, 5.74) is 0.0885. The molecule has 0 fully saturated rings. The Kier molecular flexibility index (Phi) is 5.01. The van der Waals surface area contributed by atoms with Gasteiger partial charge in [-0.1, -0.05) is 0 Å². The van der Waals surface area contributed by atoms with E-state index in [1.165, 1.54) is 23.3 Å². The second kappa shape index (κ2) is 7.92. The number of carbonyl (C=O) groups is 1. The van der Waals surface area contributed by atoms with Gasteiger partial charge in [-0.15, -0.1) is 0 Å². The molecule has 9 nitrogen and oxygen atoms in total. The van der Waals surface area contributed by atoms with Gasteiger partial charge >= 0.3 is 0 Å². The van der Waals surface area contributed by atoms with Crippen LogP contribution < -0.4 is 5.32 Å². The van der Waals surface area contributed by atoms with Crippen LogP contribution in [0.3, 0.4) is 0 Å². The Morgan fingerprint density at radius 3 is 2.76 bits per heavy atom. The molecule has 0 unspecified atom stereocenters. The first-order chi connectivity index (χ1) is 14.1. The molecule has 0 aliphatic heterocycles. The molecule has 3 heterocycles. The minimum absolute atomic E-state index is 0.0361. The molecule has 29 heavy (non-hydrogen) atoms. The largest absolute Gasteiger partial charge is 0.441 e. The van der Waals surface area contributed by atoms with Gasteiger partial charge in [0.2, 0.25) is 11.9 Å². The summed E-state index contributed by atoms with van der Waals surface area (Å²) in [5, 5.41) is 6.59. The first kappa shape index (κ1) is 18.3. The Hall–Kier alpha value is -4.02. The third kappa shape index (κ3) is 4.13. The second-order valence-corrected chi connectivity index (χ2v) is 5.83. The summed E-state index contributed by atoms with van der Waals surface area (Å²) in [6.45, 7) is 0. The predicted octanol–water partition coefficient (Wildman–Crippen LogP) is 2.56. The number of halogens is 2. The van der Waals surface area contributed by atoms with Crippen molar-refractivity contribution in [1.29, 1.82) is 0 Å². The van der Waals surface area contributed by atoms with E-state index in [1.807, 2.05) is 0 Å². The number of nitrogens with one attached hydrogen (secondary N) is 1. The minimum Gasteiger partial charge on any atom is -0.441 e. The van der Waals surface area contributed by atoms with E-state index >= 15 is 0 Å². The van der Waals surface area contributed by atoms with Crippen LogP contribution in [0.4, 0.5) is 14.7 Å². The molecule has 11 heteroatoms. The fourth-order valence-corrected chi connectivity index (χ4v) is 2.52. The molecule has 4 aromatic rings. The lowest BCUT2D eigenvalue weighted by Gasteiger charge is -2.05. The number of amides is 1. The van der Waals surface area contributed by atoms with Crippen LogP contribution in [0.15, 0.2) is 53.6 Å². The van der Waals surface area contributed by atoms with E-state index in [-0.39, 0.29) is 47.9 Å². The second-order valence-electron chi connectivity index (χ2n) is 5.83. The first-order valence-corrected chi connectivity index (χ1v) is 8.47. The van der Waals surface area contributed by atoms with Gasteiger partial charge in [-0.3, -0.25) is 10.1 Å². The standard InChI is InChI=1S/C18H13F2N7O2/c19-11-2-3-12(13(20)8-11)14-9-23-16(29-14)5-4-15(28)26-18-24-10-25-27(18)17-21-6-1-7-22-17/h1-3,6-10H,4-5H2,(H,24,25,26,28). The third-order valence-corrected chi connectivity index (χ3v) is 3.86. The van der Waals surface area contributed by atoms with E-state index in [9.17, 15) is 13.6 Å². The third-order valence-electron chi connectivity index (χ3n) is 3.86. The molecule has 1 amide bonds. The van der Waals surface area contributed by atoms with Crippen molar-refractivity contribution in [3.05, 3.63) is 66.7 Å². The molecule has 0 saturated carbocycles. The Bertz CT molecular complexity index is 1140. The fourth-order valence-electron chi connectivity index (χ4n) is 2.52. The average Bonchev–Trinajstić information content (AvgIpc) is 3.37. The quantitative estimate of drug-likeness (QED) is 0.532. The molecule has 3 aromatic heterocycles. The number of aromatic nitrogens is 6. The molecule has 0 spiro atoms. The van der Waals surface area contributed by atoms with Crippen molar-refractivity contribution in [3.8, 4) is 17.3 Å². The first-order valence-electron chi connectivity index (χ1n) is 8.47. The number of nitrogens with zero attached hydrogens (tertiary/aromatic N) is 6. The summed E-state index contributed by atoms with van der Waals surface area (Å²) in [5.74, 6) is -0.973. The highest BCUT2D eigenvalue weighted by atomic mass is 19.1. The molecule has 0 bridgehead atoms. The highest BCUT2D eigenvalue weighted by Gasteiger charge is 2.15. The SMILES string of the molecule is O=C(CCc1ncc(-c2ccc(F)cc2F)o1)Nc1ncnn1-c1ncccn1. The van der Waals surface area contributed by atoms with Crippen LogP contribution in [0.2, 0.25) is 0 Å². The van der Waals surface area contributed by atoms with Crippen molar-refractivity contribution in [2.75, 3.05) is 5.32 Å². The number of hydrogen-bond donors (Lipinski definition) is 1. The fraction of sp³-hybridized carbons (Fsp3) is 0.111. The molecule has 0 radical (unpaired) electrons. The van der Waals surface area contributed by atoms with E-state index < -0.39 is 11.6 Å². The van der Waals surface area contributed by atoms with Gasteiger partial charge in [0.25, 0.3) is 5.95 Å². The molecule has 0 saturated heterocycles. The maximum absolute atomic E-state index is 13.8. The minimum atomic E-state index is -0.757. The van der Waals surface area contributed by atoms with Crippen LogP contribution in [0.5, 0.6) is 0 Å². The molecule has 1 aromatic carbocycles. The van der Waals surface area contributed by atoms with Crippen LogP contribution in [-0.4, -0.2) is 35.6 Å². The van der Waals surface area contributed by atoms with E-state index in [2.05, 4.69) is 30.4 Å². The van der Waals surface area contributed by atoms with Crippen molar-refractivity contribution in [1.82, 2.24) is 29.7 Å². The molecular weight excluding hydrogens is 384 g/mol.